The maximum Gasteiger partial charge on any atom is 0.416 e. The van der Waals surface area contributed by atoms with Crippen molar-refractivity contribution < 1.29 is 18.0 Å². The molecule has 1 aromatic rings. The van der Waals surface area contributed by atoms with Gasteiger partial charge in [-0.3, -0.25) is 4.79 Å². The highest BCUT2D eigenvalue weighted by Gasteiger charge is 2.29. The van der Waals surface area contributed by atoms with Gasteiger partial charge in [0.25, 0.3) is 0 Å². The molecule has 1 nitrogen and oxygen atoms in total. The molecular formula is C10H8ClF3O. The Kier molecular flexibility index (Phi) is 3.74. The molecule has 82 valence electrons. The zero-order valence-corrected chi connectivity index (χ0v) is 8.40. The van der Waals surface area contributed by atoms with E-state index in [9.17, 15) is 18.0 Å². The van der Waals surface area contributed by atoms with E-state index in [1.165, 1.54) is 12.1 Å². The summed E-state index contributed by atoms with van der Waals surface area (Å²) in [5, 5.41) is 0. The lowest BCUT2D eigenvalue weighted by molar-refractivity contribution is -0.137. The quantitative estimate of drug-likeness (QED) is 0.738. The topological polar surface area (TPSA) is 17.1 Å². The number of benzene rings is 1. The van der Waals surface area contributed by atoms with Gasteiger partial charge in [0.05, 0.1) is 11.4 Å². The highest BCUT2D eigenvalue weighted by atomic mass is 35.5. The molecular weight excluding hydrogens is 229 g/mol. The summed E-state index contributed by atoms with van der Waals surface area (Å²) < 4.78 is 36.5. The van der Waals surface area contributed by atoms with E-state index in [0.29, 0.717) is 5.56 Å². The second-order valence-electron chi connectivity index (χ2n) is 3.04. The van der Waals surface area contributed by atoms with Crippen molar-refractivity contribution in [2.75, 3.05) is 5.88 Å². The highest BCUT2D eigenvalue weighted by molar-refractivity contribution is 6.27. The fraction of sp³-hybridized carbons (Fsp3) is 0.300. The summed E-state index contributed by atoms with van der Waals surface area (Å²) in [7, 11) is 0. The fourth-order valence-electron chi connectivity index (χ4n) is 1.09. The molecule has 0 aliphatic rings. The predicted molar refractivity (Wildman–Crippen MR) is 50.9 cm³/mol. The molecule has 0 amide bonds. The molecule has 0 saturated heterocycles. The molecule has 0 radical (unpaired) electrons. The molecule has 0 fully saturated rings. The maximum absolute atomic E-state index is 12.2. The van der Waals surface area contributed by atoms with Crippen molar-refractivity contribution in [3.8, 4) is 0 Å². The van der Waals surface area contributed by atoms with E-state index in [4.69, 9.17) is 11.6 Å². The number of hydrogen-bond donors (Lipinski definition) is 0. The van der Waals surface area contributed by atoms with Gasteiger partial charge in [0.1, 0.15) is 0 Å². The Morgan fingerprint density at radius 3 is 2.13 bits per heavy atom. The minimum absolute atomic E-state index is 0.0711. The van der Waals surface area contributed by atoms with E-state index >= 15 is 0 Å². The van der Waals surface area contributed by atoms with Crippen molar-refractivity contribution in [1.82, 2.24) is 0 Å². The zero-order chi connectivity index (χ0) is 11.5. The molecule has 0 N–H and O–H groups in total. The summed E-state index contributed by atoms with van der Waals surface area (Å²) >= 11 is 5.28. The van der Waals surface area contributed by atoms with Crippen molar-refractivity contribution in [3.63, 3.8) is 0 Å². The van der Waals surface area contributed by atoms with E-state index < -0.39 is 11.7 Å². The molecule has 0 unspecified atom stereocenters. The normalized spacial score (nSPS) is 11.5. The second-order valence-corrected chi connectivity index (χ2v) is 3.31. The number of rotatable bonds is 3. The Balaban J connectivity index is 2.77. The van der Waals surface area contributed by atoms with Gasteiger partial charge >= 0.3 is 6.18 Å². The molecule has 1 rings (SSSR count). The predicted octanol–water partition coefficient (Wildman–Crippen LogP) is 3.06. The van der Waals surface area contributed by atoms with E-state index in [1.807, 2.05) is 0 Å². The Bertz CT molecular complexity index is 343. The Hall–Kier alpha value is -1.03. The SMILES string of the molecule is O=C(CCl)Cc1ccc(C(F)(F)F)cc1. The summed E-state index contributed by atoms with van der Waals surface area (Å²) in [4.78, 5) is 10.9. The van der Waals surface area contributed by atoms with Crippen LogP contribution in [0, 0.1) is 0 Å². The molecule has 0 saturated carbocycles. The van der Waals surface area contributed by atoms with E-state index in [0.717, 1.165) is 12.1 Å². The van der Waals surface area contributed by atoms with Gasteiger partial charge in [-0.2, -0.15) is 13.2 Å². The monoisotopic (exact) mass is 236 g/mol. The van der Waals surface area contributed by atoms with Crippen LogP contribution < -0.4 is 0 Å². The van der Waals surface area contributed by atoms with Gasteiger partial charge in [-0.15, -0.1) is 11.6 Å². The van der Waals surface area contributed by atoms with Crippen molar-refractivity contribution >= 4 is 17.4 Å². The van der Waals surface area contributed by atoms with Crippen LogP contribution in [0.3, 0.4) is 0 Å². The van der Waals surface area contributed by atoms with Gasteiger partial charge in [-0.05, 0) is 17.7 Å². The standard InChI is InChI=1S/C10H8ClF3O/c11-6-9(15)5-7-1-3-8(4-2-7)10(12,13)14/h1-4H,5-6H2. The summed E-state index contributed by atoms with van der Waals surface area (Å²) in [6.45, 7) is 0. The molecule has 15 heavy (non-hydrogen) atoms. The molecule has 5 heteroatoms. The Morgan fingerprint density at radius 1 is 1.20 bits per heavy atom. The smallest absolute Gasteiger partial charge is 0.298 e. The number of carbonyl (C=O) groups excluding carboxylic acids is 1. The summed E-state index contributed by atoms with van der Waals surface area (Å²) in [5.41, 5.74) is -0.182. The lowest BCUT2D eigenvalue weighted by Crippen LogP contribution is -2.06. The van der Waals surface area contributed by atoms with Crippen LogP contribution in [-0.4, -0.2) is 11.7 Å². The van der Waals surface area contributed by atoms with Crippen LogP contribution >= 0.6 is 11.6 Å². The molecule has 0 aliphatic carbocycles. The van der Waals surface area contributed by atoms with Crippen LogP contribution in [0.5, 0.6) is 0 Å². The van der Waals surface area contributed by atoms with Crippen molar-refractivity contribution in [3.05, 3.63) is 35.4 Å². The van der Waals surface area contributed by atoms with Gasteiger partial charge in [-0.1, -0.05) is 12.1 Å². The molecule has 0 heterocycles. The molecule has 0 atom stereocenters. The van der Waals surface area contributed by atoms with Crippen LogP contribution in [-0.2, 0) is 17.4 Å². The van der Waals surface area contributed by atoms with Crippen LogP contribution in [0.1, 0.15) is 11.1 Å². The van der Waals surface area contributed by atoms with Gasteiger partial charge in [0, 0.05) is 6.42 Å². The second kappa shape index (κ2) is 4.66. The van der Waals surface area contributed by atoms with Gasteiger partial charge in [0.15, 0.2) is 5.78 Å². The molecule has 0 aliphatic heterocycles. The van der Waals surface area contributed by atoms with Crippen LogP contribution in [0.4, 0.5) is 13.2 Å². The molecule has 0 bridgehead atoms. The first kappa shape index (κ1) is 12.0. The first-order valence-corrected chi connectivity index (χ1v) is 4.70. The van der Waals surface area contributed by atoms with E-state index in [1.54, 1.807) is 0 Å². The zero-order valence-electron chi connectivity index (χ0n) is 7.64. The van der Waals surface area contributed by atoms with E-state index in [-0.39, 0.29) is 18.1 Å². The first-order chi connectivity index (χ1) is 6.93. The minimum atomic E-state index is -4.34. The van der Waals surface area contributed by atoms with Crippen molar-refractivity contribution in [1.29, 1.82) is 0 Å². The summed E-state index contributed by atoms with van der Waals surface area (Å²) in [6, 6.07) is 4.48. The maximum atomic E-state index is 12.2. The molecule has 1 aromatic carbocycles. The van der Waals surface area contributed by atoms with Gasteiger partial charge in [0.2, 0.25) is 0 Å². The highest BCUT2D eigenvalue weighted by Crippen LogP contribution is 2.29. The largest absolute Gasteiger partial charge is 0.416 e. The number of hydrogen-bond acceptors (Lipinski definition) is 1. The Labute approximate surface area is 89.9 Å². The lowest BCUT2D eigenvalue weighted by atomic mass is 10.1. The number of carbonyl (C=O) groups is 1. The number of Topliss-reactive ketones (excluding diaryl/α,β-unsaturated/α-hetero) is 1. The number of halogens is 4. The third kappa shape index (κ3) is 3.55. The van der Waals surface area contributed by atoms with Gasteiger partial charge < -0.3 is 0 Å². The minimum Gasteiger partial charge on any atom is -0.298 e. The lowest BCUT2D eigenvalue weighted by Gasteiger charge is -2.06. The third-order valence-corrected chi connectivity index (χ3v) is 2.13. The van der Waals surface area contributed by atoms with Crippen molar-refractivity contribution in [2.24, 2.45) is 0 Å². The molecule has 0 aromatic heterocycles. The summed E-state index contributed by atoms with van der Waals surface area (Å²) in [5.74, 6) is -0.336. The van der Waals surface area contributed by atoms with Crippen LogP contribution in [0.15, 0.2) is 24.3 Å². The molecule has 0 spiro atoms. The first-order valence-electron chi connectivity index (χ1n) is 4.17. The number of alkyl halides is 4. The average Bonchev–Trinajstić information content (AvgIpc) is 2.17. The van der Waals surface area contributed by atoms with Crippen LogP contribution in [0.25, 0.3) is 0 Å². The summed E-state index contributed by atoms with van der Waals surface area (Å²) in [6.07, 6.45) is -4.27. The third-order valence-electron chi connectivity index (χ3n) is 1.83. The van der Waals surface area contributed by atoms with E-state index in [2.05, 4.69) is 0 Å². The van der Waals surface area contributed by atoms with Gasteiger partial charge in [-0.25, -0.2) is 0 Å². The Morgan fingerprint density at radius 2 is 1.73 bits per heavy atom. The van der Waals surface area contributed by atoms with Crippen LogP contribution in [0.2, 0.25) is 0 Å². The fourth-order valence-corrected chi connectivity index (χ4v) is 1.18. The number of ketones is 1. The van der Waals surface area contributed by atoms with Crippen molar-refractivity contribution in [2.45, 2.75) is 12.6 Å². The average molecular weight is 237 g/mol.